The average molecular weight is 392 g/mol. The quantitative estimate of drug-likeness (QED) is 0.639. The summed E-state index contributed by atoms with van der Waals surface area (Å²) in [5, 5.41) is 18.1. The molecule has 0 amide bonds. The van der Waals surface area contributed by atoms with Crippen molar-refractivity contribution in [2.24, 2.45) is 0 Å². The molecule has 7 nitrogen and oxygen atoms in total. The predicted molar refractivity (Wildman–Crippen MR) is 110 cm³/mol. The third kappa shape index (κ3) is 4.14. The van der Waals surface area contributed by atoms with Gasteiger partial charge in [-0.1, -0.05) is 30.3 Å². The molecule has 0 spiro atoms. The van der Waals surface area contributed by atoms with Crippen molar-refractivity contribution in [2.75, 3.05) is 12.4 Å². The first-order valence-electron chi connectivity index (χ1n) is 9.78. The minimum Gasteiger partial charge on any atom is -0.465 e. The van der Waals surface area contributed by atoms with Gasteiger partial charge in [0.1, 0.15) is 5.82 Å². The van der Waals surface area contributed by atoms with Gasteiger partial charge in [-0.15, -0.1) is 0 Å². The molecule has 0 radical (unpaired) electrons. The molecule has 1 aromatic carbocycles. The first-order valence-corrected chi connectivity index (χ1v) is 9.78. The topological polar surface area (TPSA) is 89.3 Å². The molecular weight excluding hydrogens is 368 g/mol. The highest BCUT2D eigenvalue weighted by atomic mass is 16.5. The first-order chi connectivity index (χ1) is 14.2. The molecule has 29 heavy (non-hydrogen) atoms. The number of nitrogens with one attached hydrogen (secondary N) is 1. The summed E-state index contributed by atoms with van der Waals surface area (Å²) in [4.78, 5) is 16.3. The minimum absolute atomic E-state index is 0.177. The number of ether oxygens (including phenoxy) is 1. The fourth-order valence-corrected chi connectivity index (χ4v) is 3.74. The molecule has 0 aliphatic heterocycles. The third-order valence-electron chi connectivity index (χ3n) is 5.31. The number of carbonyl (C=O) groups excluding carboxylic acids is 1. The van der Waals surface area contributed by atoms with Crippen LogP contribution in [0.25, 0.3) is 11.3 Å². The van der Waals surface area contributed by atoms with Crippen LogP contribution in [0.2, 0.25) is 0 Å². The van der Waals surface area contributed by atoms with Gasteiger partial charge in [0.2, 0.25) is 0 Å². The molecule has 0 unspecified atom stereocenters. The maximum Gasteiger partial charge on any atom is 0.340 e. The Morgan fingerprint density at radius 3 is 2.66 bits per heavy atom. The number of methoxy groups -OCH3 is 1. The lowest BCUT2D eigenvalue weighted by molar-refractivity contribution is 0.0601. The number of esters is 1. The van der Waals surface area contributed by atoms with E-state index in [0.29, 0.717) is 11.3 Å². The van der Waals surface area contributed by atoms with Crippen molar-refractivity contribution in [1.82, 2.24) is 14.8 Å². The summed E-state index contributed by atoms with van der Waals surface area (Å²) in [5.74, 6) is 0.355. The van der Waals surface area contributed by atoms with E-state index in [1.54, 1.807) is 18.5 Å². The van der Waals surface area contributed by atoms with Gasteiger partial charge in [0.25, 0.3) is 0 Å². The second-order valence-corrected chi connectivity index (χ2v) is 7.23. The van der Waals surface area contributed by atoms with Crippen molar-refractivity contribution in [2.45, 2.75) is 37.8 Å². The molecule has 1 saturated carbocycles. The van der Waals surface area contributed by atoms with Gasteiger partial charge in [-0.2, -0.15) is 5.10 Å². The summed E-state index contributed by atoms with van der Waals surface area (Å²) in [6.45, 7) is 0. The van der Waals surface area contributed by atoms with Gasteiger partial charge in [0, 0.05) is 17.8 Å². The van der Waals surface area contributed by atoms with Crippen molar-refractivity contribution in [3.8, 4) is 11.3 Å². The molecule has 0 bridgehead atoms. The highest BCUT2D eigenvalue weighted by Crippen LogP contribution is 2.34. The SMILES string of the molecule is COC(=O)c1ccncc1Nc1cc(-c2ccccc2)nn1[C@H]1CC[C@H](O)CC1. The second-order valence-electron chi connectivity index (χ2n) is 7.23. The van der Waals surface area contributed by atoms with Crippen LogP contribution in [0.15, 0.2) is 54.9 Å². The number of hydrogen-bond donors (Lipinski definition) is 2. The lowest BCUT2D eigenvalue weighted by Gasteiger charge is -2.27. The van der Waals surface area contributed by atoms with Crippen LogP contribution < -0.4 is 5.32 Å². The molecule has 7 heteroatoms. The highest BCUT2D eigenvalue weighted by Gasteiger charge is 2.25. The molecule has 0 saturated heterocycles. The summed E-state index contributed by atoms with van der Waals surface area (Å²) in [5.41, 5.74) is 2.85. The van der Waals surface area contributed by atoms with Gasteiger partial charge in [-0.25, -0.2) is 9.48 Å². The first kappa shape index (κ1) is 19.1. The Balaban J connectivity index is 1.72. The van der Waals surface area contributed by atoms with E-state index in [1.807, 2.05) is 41.1 Å². The van der Waals surface area contributed by atoms with Crippen LogP contribution in [0, 0.1) is 0 Å². The molecule has 2 heterocycles. The van der Waals surface area contributed by atoms with E-state index in [1.165, 1.54) is 7.11 Å². The summed E-state index contributed by atoms with van der Waals surface area (Å²) in [6, 6.07) is 13.8. The summed E-state index contributed by atoms with van der Waals surface area (Å²) >= 11 is 0. The van der Waals surface area contributed by atoms with Crippen LogP contribution in [0.5, 0.6) is 0 Å². The fraction of sp³-hybridized carbons (Fsp3) is 0.318. The molecule has 0 atom stereocenters. The highest BCUT2D eigenvalue weighted by molar-refractivity contribution is 5.96. The number of pyridine rings is 1. The maximum absolute atomic E-state index is 12.1. The minimum atomic E-state index is -0.426. The molecule has 150 valence electrons. The van der Waals surface area contributed by atoms with Gasteiger partial charge in [0.15, 0.2) is 0 Å². The van der Waals surface area contributed by atoms with Crippen LogP contribution in [-0.4, -0.2) is 39.1 Å². The number of rotatable bonds is 5. The average Bonchev–Trinajstić information content (AvgIpc) is 3.18. The zero-order valence-corrected chi connectivity index (χ0v) is 16.3. The number of benzene rings is 1. The lowest BCUT2D eigenvalue weighted by atomic mass is 9.93. The molecule has 2 N–H and O–H groups in total. The van der Waals surface area contributed by atoms with Crippen LogP contribution in [0.1, 0.15) is 42.1 Å². The van der Waals surface area contributed by atoms with Crippen LogP contribution in [0.3, 0.4) is 0 Å². The number of carbonyl (C=O) groups is 1. The van der Waals surface area contributed by atoms with E-state index in [0.717, 1.165) is 42.8 Å². The number of aromatic nitrogens is 3. The molecule has 1 fully saturated rings. The van der Waals surface area contributed by atoms with Crippen molar-refractivity contribution >= 4 is 17.5 Å². The molecular formula is C22H24N4O3. The van der Waals surface area contributed by atoms with E-state index in [2.05, 4.69) is 10.3 Å². The largest absolute Gasteiger partial charge is 0.465 e. The van der Waals surface area contributed by atoms with Gasteiger partial charge >= 0.3 is 5.97 Å². The van der Waals surface area contributed by atoms with E-state index < -0.39 is 5.97 Å². The standard InChI is InChI=1S/C22H24N4O3/c1-29-22(28)18-11-12-23-14-20(18)24-21-13-19(15-5-3-2-4-6-15)25-26(21)16-7-9-17(27)10-8-16/h2-6,11-14,16-17,24,27H,7-10H2,1H3/t16-,17-. The van der Waals surface area contributed by atoms with Gasteiger partial charge in [-0.3, -0.25) is 4.98 Å². The molecule has 4 rings (SSSR count). The van der Waals surface area contributed by atoms with E-state index >= 15 is 0 Å². The van der Waals surface area contributed by atoms with Crippen LogP contribution in [-0.2, 0) is 4.74 Å². The Kier molecular flexibility index (Phi) is 5.57. The zero-order chi connectivity index (χ0) is 20.2. The summed E-state index contributed by atoms with van der Waals surface area (Å²) in [7, 11) is 1.36. The molecule has 1 aliphatic carbocycles. The summed E-state index contributed by atoms with van der Waals surface area (Å²) < 4.78 is 6.87. The smallest absolute Gasteiger partial charge is 0.340 e. The van der Waals surface area contributed by atoms with E-state index in [9.17, 15) is 9.90 Å². The third-order valence-corrected chi connectivity index (χ3v) is 5.31. The van der Waals surface area contributed by atoms with Crippen molar-refractivity contribution in [1.29, 1.82) is 0 Å². The van der Waals surface area contributed by atoms with E-state index in [4.69, 9.17) is 9.84 Å². The Hall–Kier alpha value is -3.19. The Labute approximate surface area is 169 Å². The van der Waals surface area contributed by atoms with Crippen molar-refractivity contribution < 1.29 is 14.6 Å². The summed E-state index contributed by atoms with van der Waals surface area (Å²) in [6.07, 6.45) is 6.14. The monoisotopic (exact) mass is 392 g/mol. The number of nitrogens with zero attached hydrogens (tertiary/aromatic N) is 3. The molecule has 2 aromatic heterocycles. The van der Waals surface area contributed by atoms with E-state index in [-0.39, 0.29) is 12.1 Å². The van der Waals surface area contributed by atoms with Crippen LogP contribution in [0.4, 0.5) is 11.5 Å². The lowest BCUT2D eigenvalue weighted by Crippen LogP contribution is -2.22. The van der Waals surface area contributed by atoms with Gasteiger partial charge in [0.05, 0.1) is 42.4 Å². The Bertz CT molecular complexity index is 979. The van der Waals surface area contributed by atoms with Crippen molar-refractivity contribution in [3.63, 3.8) is 0 Å². The van der Waals surface area contributed by atoms with Gasteiger partial charge < -0.3 is 15.2 Å². The molecule has 1 aliphatic rings. The maximum atomic E-state index is 12.1. The van der Waals surface area contributed by atoms with Crippen molar-refractivity contribution in [3.05, 3.63) is 60.4 Å². The van der Waals surface area contributed by atoms with Gasteiger partial charge in [-0.05, 0) is 31.7 Å². The normalized spacial score (nSPS) is 19.0. The Morgan fingerprint density at radius 1 is 1.17 bits per heavy atom. The second kappa shape index (κ2) is 8.45. The molecule has 3 aromatic rings. The fourth-order valence-electron chi connectivity index (χ4n) is 3.74. The number of aliphatic hydroxyl groups is 1. The zero-order valence-electron chi connectivity index (χ0n) is 16.3. The predicted octanol–water partition coefficient (Wildman–Crippen LogP) is 3.95. The van der Waals surface area contributed by atoms with Crippen LogP contribution >= 0.6 is 0 Å². The number of anilines is 2. The Morgan fingerprint density at radius 2 is 1.93 bits per heavy atom. The number of aliphatic hydroxyl groups excluding tert-OH is 1. The number of hydrogen-bond acceptors (Lipinski definition) is 6.